The van der Waals surface area contributed by atoms with Gasteiger partial charge in [-0.25, -0.2) is 9.97 Å². The van der Waals surface area contributed by atoms with Crippen LogP contribution in [0.2, 0.25) is 0 Å². The molecule has 29 heavy (non-hydrogen) atoms. The van der Waals surface area contributed by atoms with Crippen LogP contribution in [0.15, 0.2) is 30.5 Å². The molecule has 1 saturated carbocycles. The molecule has 8 heteroatoms. The fourth-order valence-corrected chi connectivity index (χ4v) is 3.78. The molecule has 0 aliphatic heterocycles. The number of nitrogens with one attached hydrogen (secondary N) is 2. The maximum atomic E-state index is 9.81. The van der Waals surface area contributed by atoms with Crippen molar-refractivity contribution in [2.24, 2.45) is 0 Å². The summed E-state index contributed by atoms with van der Waals surface area (Å²) in [4.78, 5) is 13.8. The summed E-state index contributed by atoms with van der Waals surface area (Å²) in [6.07, 6.45) is 4.90. The number of anilines is 3. The van der Waals surface area contributed by atoms with Gasteiger partial charge in [-0.3, -0.25) is 4.57 Å². The predicted molar refractivity (Wildman–Crippen MR) is 113 cm³/mol. The molecule has 2 heterocycles. The lowest BCUT2D eigenvalue weighted by molar-refractivity contribution is 0.126. The molecular weight excluding hydrogens is 368 g/mol. The third-order valence-electron chi connectivity index (χ3n) is 5.56. The lowest BCUT2D eigenvalue weighted by atomic mass is 9.93. The van der Waals surface area contributed by atoms with Crippen LogP contribution in [0, 0.1) is 6.92 Å². The van der Waals surface area contributed by atoms with Crippen molar-refractivity contribution in [3.8, 4) is 0 Å². The van der Waals surface area contributed by atoms with Crippen molar-refractivity contribution in [3.63, 3.8) is 0 Å². The first-order valence-corrected chi connectivity index (χ1v) is 10.2. The normalized spacial score (nSPS) is 20.6. The summed E-state index contributed by atoms with van der Waals surface area (Å²) in [6.45, 7) is 3.94. The molecule has 8 nitrogen and oxygen atoms in total. The number of aromatic nitrogens is 4. The highest BCUT2D eigenvalue weighted by molar-refractivity contribution is 5.77. The number of aliphatic hydroxyl groups excluding tert-OH is 2. The van der Waals surface area contributed by atoms with Gasteiger partial charge in [-0.1, -0.05) is 18.2 Å². The number of aryl methyl sites for hydroxylation is 1. The number of para-hydroxylation sites is 1. The van der Waals surface area contributed by atoms with Crippen molar-refractivity contribution in [2.75, 3.05) is 17.2 Å². The summed E-state index contributed by atoms with van der Waals surface area (Å²) >= 11 is 0. The van der Waals surface area contributed by atoms with Gasteiger partial charge < -0.3 is 20.8 Å². The average molecular weight is 396 g/mol. The van der Waals surface area contributed by atoms with Gasteiger partial charge in [0.15, 0.2) is 5.65 Å². The standard InChI is InChI=1S/C21H28N6O2/c1-13-5-3-4-6-17(13)24-21-25-18-11-22-20(23-15-7-9-16(29)10-8-15)26-19(18)27(21)14(2)12-28/h3-6,11,14-16,28-29H,7-10,12H2,1-2H3,(H,24,25)(H,22,23,26)/t14-,15?,16?/m1/s1. The second-order valence-corrected chi connectivity index (χ2v) is 7.83. The van der Waals surface area contributed by atoms with Crippen LogP contribution in [0.4, 0.5) is 17.6 Å². The van der Waals surface area contributed by atoms with Crippen LogP contribution in [0.1, 0.15) is 44.2 Å². The maximum Gasteiger partial charge on any atom is 0.224 e. The molecule has 0 bridgehead atoms. The predicted octanol–water partition coefficient (Wildman–Crippen LogP) is 3.15. The van der Waals surface area contributed by atoms with E-state index in [0.717, 1.165) is 36.9 Å². The first-order valence-electron chi connectivity index (χ1n) is 10.2. The van der Waals surface area contributed by atoms with E-state index >= 15 is 0 Å². The van der Waals surface area contributed by atoms with Gasteiger partial charge >= 0.3 is 0 Å². The Hall–Kier alpha value is -2.71. The lowest BCUT2D eigenvalue weighted by Crippen LogP contribution is -2.29. The molecule has 0 radical (unpaired) electrons. The van der Waals surface area contributed by atoms with Gasteiger partial charge in [-0.15, -0.1) is 0 Å². The van der Waals surface area contributed by atoms with Gasteiger partial charge in [0.2, 0.25) is 11.9 Å². The Balaban J connectivity index is 1.67. The Morgan fingerprint density at radius 1 is 1.17 bits per heavy atom. The second-order valence-electron chi connectivity index (χ2n) is 7.83. The van der Waals surface area contributed by atoms with Crippen molar-refractivity contribution in [3.05, 3.63) is 36.0 Å². The van der Waals surface area contributed by atoms with Crippen LogP contribution in [-0.2, 0) is 0 Å². The van der Waals surface area contributed by atoms with Gasteiger partial charge in [0, 0.05) is 11.7 Å². The topological polar surface area (TPSA) is 108 Å². The second kappa shape index (κ2) is 8.34. The first kappa shape index (κ1) is 19.6. The zero-order valence-corrected chi connectivity index (χ0v) is 16.8. The molecule has 0 amide bonds. The molecule has 0 unspecified atom stereocenters. The van der Waals surface area contributed by atoms with Gasteiger partial charge in [0.05, 0.1) is 24.9 Å². The molecule has 0 saturated heterocycles. The van der Waals surface area contributed by atoms with Crippen LogP contribution in [0.3, 0.4) is 0 Å². The number of hydrogen-bond donors (Lipinski definition) is 4. The Morgan fingerprint density at radius 2 is 1.93 bits per heavy atom. The molecule has 2 aromatic heterocycles. The van der Waals surface area contributed by atoms with E-state index in [0.29, 0.717) is 23.1 Å². The van der Waals surface area contributed by atoms with Gasteiger partial charge in [-0.05, 0) is 51.2 Å². The molecule has 1 atom stereocenters. The number of imidazole rings is 1. The molecule has 1 aliphatic carbocycles. The third-order valence-corrected chi connectivity index (χ3v) is 5.56. The molecule has 1 aliphatic rings. The van der Waals surface area contributed by atoms with Crippen LogP contribution in [-0.4, -0.2) is 48.5 Å². The molecule has 154 valence electrons. The highest BCUT2D eigenvalue weighted by atomic mass is 16.3. The van der Waals surface area contributed by atoms with E-state index in [1.807, 2.05) is 42.7 Å². The van der Waals surface area contributed by atoms with Crippen molar-refractivity contribution in [1.29, 1.82) is 0 Å². The van der Waals surface area contributed by atoms with Gasteiger partial charge in [0.1, 0.15) is 5.52 Å². The minimum Gasteiger partial charge on any atom is -0.394 e. The summed E-state index contributed by atoms with van der Waals surface area (Å²) in [5.74, 6) is 1.18. The number of rotatable bonds is 6. The third kappa shape index (κ3) is 4.18. The molecule has 4 N–H and O–H groups in total. The average Bonchev–Trinajstić information content (AvgIpc) is 3.08. The summed E-state index contributed by atoms with van der Waals surface area (Å²) in [5, 5.41) is 26.3. The fourth-order valence-electron chi connectivity index (χ4n) is 3.78. The first-order chi connectivity index (χ1) is 14.0. The molecule has 3 aromatic rings. The minimum absolute atomic E-state index is 0.0266. The molecule has 1 fully saturated rings. The Morgan fingerprint density at radius 3 is 2.66 bits per heavy atom. The van der Waals surface area contributed by atoms with Crippen LogP contribution >= 0.6 is 0 Å². The monoisotopic (exact) mass is 396 g/mol. The molecular formula is C21H28N6O2. The Kier molecular flexibility index (Phi) is 5.64. The van der Waals surface area contributed by atoms with E-state index in [-0.39, 0.29) is 24.8 Å². The summed E-state index contributed by atoms with van der Waals surface area (Å²) in [5.41, 5.74) is 3.42. The van der Waals surface area contributed by atoms with Crippen molar-refractivity contribution in [2.45, 2.75) is 57.7 Å². The number of hydrogen-bond acceptors (Lipinski definition) is 7. The number of nitrogens with zero attached hydrogens (tertiary/aromatic N) is 4. The quantitative estimate of drug-likeness (QED) is 0.507. The highest BCUT2D eigenvalue weighted by Crippen LogP contribution is 2.28. The van der Waals surface area contributed by atoms with E-state index < -0.39 is 0 Å². The maximum absolute atomic E-state index is 9.81. The van der Waals surface area contributed by atoms with E-state index in [9.17, 15) is 10.2 Å². The fraction of sp³-hybridized carbons (Fsp3) is 0.476. The number of fused-ring (bicyclic) bond motifs is 1. The molecule has 1 aromatic carbocycles. The van der Waals surface area contributed by atoms with Gasteiger partial charge in [0.25, 0.3) is 0 Å². The van der Waals surface area contributed by atoms with E-state index in [1.165, 1.54) is 0 Å². The summed E-state index contributed by atoms with van der Waals surface area (Å²) in [6, 6.07) is 8.06. The smallest absolute Gasteiger partial charge is 0.224 e. The van der Waals surface area contributed by atoms with Crippen molar-refractivity contribution >= 4 is 28.7 Å². The zero-order valence-electron chi connectivity index (χ0n) is 16.8. The van der Waals surface area contributed by atoms with E-state index in [1.54, 1.807) is 6.20 Å². The van der Waals surface area contributed by atoms with Crippen LogP contribution in [0.5, 0.6) is 0 Å². The Labute approximate surface area is 170 Å². The zero-order chi connectivity index (χ0) is 20.4. The van der Waals surface area contributed by atoms with E-state index in [4.69, 9.17) is 4.98 Å². The number of benzene rings is 1. The van der Waals surface area contributed by atoms with Crippen molar-refractivity contribution < 1.29 is 10.2 Å². The lowest BCUT2D eigenvalue weighted by Gasteiger charge is -2.26. The van der Waals surface area contributed by atoms with E-state index in [2.05, 4.69) is 20.6 Å². The van der Waals surface area contributed by atoms with Crippen LogP contribution in [0.25, 0.3) is 11.2 Å². The summed E-state index contributed by atoms with van der Waals surface area (Å²) in [7, 11) is 0. The van der Waals surface area contributed by atoms with Crippen molar-refractivity contribution in [1.82, 2.24) is 19.5 Å². The number of aliphatic hydroxyl groups is 2. The molecule has 0 spiro atoms. The SMILES string of the molecule is Cc1ccccc1Nc1nc2cnc(NC3CCC(O)CC3)nc2n1[C@H](C)CO. The Bertz CT molecular complexity index is 980. The van der Waals surface area contributed by atoms with Gasteiger partial charge in [-0.2, -0.15) is 4.98 Å². The van der Waals surface area contributed by atoms with Crippen LogP contribution < -0.4 is 10.6 Å². The molecule has 4 rings (SSSR count). The largest absolute Gasteiger partial charge is 0.394 e. The summed E-state index contributed by atoms with van der Waals surface area (Å²) < 4.78 is 1.92. The highest BCUT2D eigenvalue weighted by Gasteiger charge is 2.22. The minimum atomic E-state index is -0.196.